The number of carbonyl (C=O) groups is 4. The van der Waals surface area contributed by atoms with Crippen molar-refractivity contribution in [2.75, 3.05) is 4.90 Å². The van der Waals surface area contributed by atoms with Gasteiger partial charge in [0.1, 0.15) is 17.1 Å². The quantitative estimate of drug-likeness (QED) is 0.268. The summed E-state index contributed by atoms with van der Waals surface area (Å²) < 4.78 is 18.5. The van der Waals surface area contributed by atoms with E-state index in [2.05, 4.69) is 5.32 Å². The summed E-state index contributed by atoms with van der Waals surface area (Å²) in [7, 11) is 0. The number of carbonyl (C=O) groups excluding carboxylic acids is 4. The van der Waals surface area contributed by atoms with Crippen molar-refractivity contribution in [1.29, 1.82) is 0 Å². The highest BCUT2D eigenvalue weighted by Crippen LogP contribution is 2.23. The Bertz CT molecular complexity index is 1290. The molecule has 1 aliphatic rings. The van der Waals surface area contributed by atoms with Crippen LogP contribution in [0.4, 0.5) is 14.9 Å². The molecule has 7 nitrogen and oxygen atoms in total. The van der Waals surface area contributed by atoms with Crippen molar-refractivity contribution in [3.63, 3.8) is 0 Å². The lowest BCUT2D eigenvalue weighted by Crippen LogP contribution is -2.54. The van der Waals surface area contributed by atoms with Crippen LogP contribution in [-0.2, 0) is 9.59 Å². The molecule has 1 aliphatic heterocycles. The smallest absolute Gasteiger partial charge is 0.343 e. The summed E-state index contributed by atoms with van der Waals surface area (Å²) >= 11 is 5.81. The third kappa shape index (κ3) is 4.81. The third-order valence-corrected chi connectivity index (χ3v) is 4.92. The zero-order chi connectivity index (χ0) is 23.5. The summed E-state index contributed by atoms with van der Waals surface area (Å²) in [5.41, 5.74) is 0.598. The van der Waals surface area contributed by atoms with Crippen molar-refractivity contribution < 1.29 is 28.3 Å². The lowest BCUT2D eigenvalue weighted by atomic mass is 10.1. The van der Waals surface area contributed by atoms with Gasteiger partial charge in [0.05, 0.1) is 11.3 Å². The van der Waals surface area contributed by atoms with E-state index in [1.807, 2.05) is 0 Å². The van der Waals surface area contributed by atoms with E-state index in [0.29, 0.717) is 16.1 Å². The normalized spacial score (nSPS) is 14.9. The molecule has 0 aliphatic carbocycles. The molecule has 1 saturated heterocycles. The molecule has 3 aromatic carbocycles. The molecule has 0 aromatic heterocycles. The number of anilines is 1. The Kier molecular flexibility index (Phi) is 6.01. The molecule has 3 aromatic rings. The minimum absolute atomic E-state index is 0.113. The average molecular weight is 465 g/mol. The number of ether oxygens (including phenoxy) is 1. The summed E-state index contributed by atoms with van der Waals surface area (Å²) in [5.74, 6) is -2.57. The van der Waals surface area contributed by atoms with Crippen LogP contribution in [-0.4, -0.2) is 23.8 Å². The van der Waals surface area contributed by atoms with Crippen LogP contribution in [0.3, 0.4) is 0 Å². The van der Waals surface area contributed by atoms with Gasteiger partial charge in [-0.25, -0.2) is 18.9 Å². The minimum Gasteiger partial charge on any atom is -0.423 e. The highest BCUT2D eigenvalue weighted by atomic mass is 35.5. The first-order valence-electron chi connectivity index (χ1n) is 9.56. The average Bonchev–Trinajstić information content (AvgIpc) is 2.79. The van der Waals surface area contributed by atoms with Gasteiger partial charge in [-0.2, -0.15) is 0 Å². The number of hydrogen-bond donors (Lipinski definition) is 1. The molecule has 4 rings (SSSR count). The fourth-order valence-electron chi connectivity index (χ4n) is 3.03. The van der Waals surface area contributed by atoms with Gasteiger partial charge in [0, 0.05) is 5.02 Å². The van der Waals surface area contributed by atoms with E-state index in [-0.39, 0.29) is 17.0 Å². The van der Waals surface area contributed by atoms with Crippen LogP contribution in [0.25, 0.3) is 6.08 Å². The van der Waals surface area contributed by atoms with Gasteiger partial charge in [0.25, 0.3) is 11.8 Å². The Morgan fingerprint density at radius 1 is 0.909 bits per heavy atom. The number of amides is 4. The van der Waals surface area contributed by atoms with Gasteiger partial charge in [-0.1, -0.05) is 23.7 Å². The number of rotatable bonds is 4. The fraction of sp³-hybridized carbons (Fsp3) is 0. The highest BCUT2D eigenvalue weighted by Gasteiger charge is 2.36. The molecule has 1 N–H and O–H groups in total. The molecule has 164 valence electrons. The zero-order valence-corrected chi connectivity index (χ0v) is 17.5. The number of nitrogens with zero attached hydrogens (tertiary/aromatic N) is 1. The molecule has 0 atom stereocenters. The number of esters is 1. The number of benzene rings is 3. The maximum atomic E-state index is 13.2. The van der Waals surface area contributed by atoms with Crippen molar-refractivity contribution in [1.82, 2.24) is 5.32 Å². The number of nitrogens with one attached hydrogen (secondary N) is 1. The largest absolute Gasteiger partial charge is 0.423 e. The van der Waals surface area contributed by atoms with Crippen LogP contribution >= 0.6 is 11.6 Å². The van der Waals surface area contributed by atoms with Crippen LogP contribution in [0.1, 0.15) is 15.9 Å². The van der Waals surface area contributed by atoms with E-state index < -0.39 is 29.6 Å². The van der Waals surface area contributed by atoms with Gasteiger partial charge >= 0.3 is 12.0 Å². The van der Waals surface area contributed by atoms with E-state index in [1.54, 1.807) is 12.1 Å². The topological polar surface area (TPSA) is 92.8 Å². The summed E-state index contributed by atoms with van der Waals surface area (Å²) in [4.78, 5) is 50.2. The molecule has 9 heteroatoms. The van der Waals surface area contributed by atoms with Gasteiger partial charge < -0.3 is 4.74 Å². The van der Waals surface area contributed by atoms with Gasteiger partial charge in [-0.3, -0.25) is 14.9 Å². The number of halogens is 2. The van der Waals surface area contributed by atoms with Crippen LogP contribution in [0.2, 0.25) is 5.02 Å². The van der Waals surface area contributed by atoms with Gasteiger partial charge in [0.2, 0.25) is 0 Å². The second-order valence-electron chi connectivity index (χ2n) is 6.90. The predicted molar refractivity (Wildman–Crippen MR) is 118 cm³/mol. The molecule has 0 saturated carbocycles. The lowest BCUT2D eigenvalue weighted by Gasteiger charge is -2.26. The number of imide groups is 2. The molecular formula is C24H14ClFN2O5. The van der Waals surface area contributed by atoms with Gasteiger partial charge in [-0.15, -0.1) is 0 Å². The Morgan fingerprint density at radius 3 is 2.18 bits per heavy atom. The second-order valence-corrected chi connectivity index (χ2v) is 7.34. The van der Waals surface area contributed by atoms with Crippen molar-refractivity contribution >= 4 is 47.2 Å². The first-order chi connectivity index (χ1) is 15.8. The monoisotopic (exact) mass is 464 g/mol. The van der Waals surface area contributed by atoms with Gasteiger partial charge in [-0.05, 0) is 72.3 Å². The Morgan fingerprint density at radius 2 is 1.55 bits per heavy atom. The van der Waals surface area contributed by atoms with E-state index in [4.69, 9.17) is 16.3 Å². The van der Waals surface area contributed by atoms with E-state index in [1.165, 1.54) is 54.6 Å². The molecule has 0 bridgehead atoms. The van der Waals surface area contributed by atoms with Crippen LogP contribution in [0.5, 0.6) is 5.75 Å². The van der Waals surface area contributed by atoms with Crippen LogP contribution in [0.15, 0.2) is 78.4 Å². The maximum Gasteiger partial charge on any atom is 0.343 e. The fourth-order valence-corrected chi connectivity index (χ4v) is 3.16. The van der Waals surface area contributed by atoms with Crippen LogP contribution < -0.4 is 15.0 Å². The van der Waals surface area contributed by atoms with Crippen molar-refractivity contribution in [2.24, 2.45) is 0 Å². The van der Waals surface area contributed by atoms with Gasteiger partial charge in [0.15, 0.2) is 0 Å². The molecule has 0 spiro atoms. The van der Waals surface area contributed by atoms with Crippen molar-refractivity contribution in [2.45, 2.75) is 0 Å². The van der Waals surface area contributed by atoms with Crippen LogP contribution in [0, 0.1) is 5.82 Å². The van der Waals surface area contributed by atoms with Crippen molar-refractivity contribution in [3.8, 4) is 5.75 Å². The minimum atomic E-state index is -0.932. The molecule has 33 heavy (non-hydrogen) atoms. The van der Waals surface area contributed by atoms with E-state index >= 15 is 0 Å². The SMILES string of the molecule is O=C1NC(=O)N(c2ccc(F)cc2)C(=O)C1=Cc1ccc(OC(=O)c2ccc(Cl)cc2)cc1. The second kappa shape index (κ2) is 9.05. The van der Waals surface area contributed by atoms with Crippen molar-refractivity contribution in [3.05, 3.63) is 100 Å². The first-order valence-corrected chi connectivity index (χ1v) is 9.94. The summed E-state index contributed by atoms with van der Waals surface area (Å²) in [6, 6.07) is 16.0. The molecule has 1 heterocycles. The first kappa shape index (κ1) is 21.9. The number of hydrogen-bond acceptors (Lipinski definition) is 5. The highest BCUT2D eigenvalue weighted by molar-refractivity contribution is 6.39. The Hall–Kier alpha value is -4.30. The molecule has 0 radical (unpaired) electrons. The third-order valence-electron chi connectivity index (χ3n) is 4.67. The van der Waals surface area contributed by atoms with E-state index in [9.17, 15) is 23.6 Å². The maximum absolute atomic E-state index is 13.2. The molecule has 0 unspecified atom stereocenters. The standard InChI is InChI=1S/C24H14ClFN2O5/c25-16-5-3-15(4-6-16)23(31)33-19-11-1-14(2-12-19)13-20-21(29)27-24(32)28(22(20)30)18-9-7-17(26)8-10-18/h1-13H,(H,27,29,32). The Labute approximate surface area is 192 Å². The molecular weight excluding hydrogens is 451 g/mol. The zero-order valence-electron chi connectivity index (χ0n) is 16.7. The molecule has 4 amide bonds. The Balaban J connectivity index is 1.53. The summed E-state index contributed by atoms with van der Waals surface area (Å²) in [5, 5.41) is 2.58. The molecule has 1 fully saturated rings. The number of barbiturate groups is 1. The summed E-state index contributed by atoms with van der Waals surface area (Å²) in [6.07, 6.45) is 1.30. The lowest BCUT2D eigenvalue weighted by molar-refractivity contribution is -0.122. The summed E-state index contributed by atoms with van der Waals surface area (Å²) in [6.45, 7) is 0. The predicted octanol–water partition coefficient (Wildman–Crippen LogP) is 4.36. The van der Waals surface area contributed by atoms with E-state index in [0.717, 1.165) is 17.0 Å². The number of urea groups is 1.